The number of amides is 1. The number of hydrogen-bond donors (Lipinski definition) is 1. The number of aromatic nitrogens is 3. The minimum absolute atomic E-state index is 0.104. The third-order valence-electron chi connectivity index (χ3n) is 4.37. The van der Waals surface area contributed by atoms with Crippen LogP contribution in [0.1, 0.15) is 11.1 Å². The highest BCUT2D eigenvalue weighted by Gasteiger charge is 2.07. The molecule has 32 heavy (non-hydrogen) atoms. The van der Waals surface area contributed by atoms with Crippen LogP contribution in [0, 0.1) is 0 Å². The van der Waals surface area contributed by atoms with Crippen molar-refractivity contribution < 1.29 is 14.3 Å². The Hall–Kier alpha value is -4.46. The van der Waals surface area contributed by atoms with Crippen LogP contribution >= 0.6 is 0 Å². The highest BCUT2D eigenvalue weighted by atomic mass is 16.5. The van der Waals surface area contributed by atoms with Gasteiger partial charge in [0.1, 0.15) is 18.7 Å². The summed E-state index contributed by atoms with van der Waals surface area (Å²) in [5.41, 5.74) is 5.08. The van der Waals surface area contributed by atoms with Crippen molar-refractivity contribution in [3.05, 3.63) is 102 Å². The standard InChI is InChI=1S/C24H21N5O3/c30-23(17-32-24-25-18-29(28-24)21-12-5-2-6-13-21)27-26-15-20-11-7-8-14-22(20)31-16-19-9-3-1-4-10-19/h1-15,18H,16-17H2,(H,27,30)/b26-15+. The molecule has 1 heterocycles. The van der Waals surface area contributed by atoms with Gasteiger partial charge in [0.2, 0.25) is 0 Å². The molecule has 1 N–H and O–H groups in total. The Morgan fingerprint density at radius 1 is 0.938 bits per heavy atom. The van der Waals surface area contributed by atoms with Crippen LogP contribution in [-0.4, -0.2) is 33.5 Å². The van der Waals surface area contributed by atoms with Gasteiger partial charge in [-0.05, 0) is 29.8 Å². The van der Waals surface area contributed by atoms with Gasteiger partial charge in [-0.15, -0.1) is 5.10 Å². The zero-order valence-corrected chi connectivity index (χ0v) is 17.2. The second-order valence-corrected chi connectivity index (χ2v) is 6.70. The van der Waals surface area contributed by atoms with E-state index in [1.807, 2.05) is 84.9 Å². The molecule has 0 bridgehead atoms. The number of benzene rings is 3. The number of nitrogens with zero attached hydrogens (tertiary/aromatic N) is 4. The highest BCUT2D eigenvalue weighted by Crippen LogP contribution is 2.17. The van der Waals surface area contributed by atoms with E-state index in [1.54, 1.807) is 4.68 Å². The predicted octanol–water partition coefficient (Wildman–Crippen LogP) is 3.38. The fourth-order valence-electron chi connectivity index (χ4n) is 2.81. The Kier molecular flexibility index (Phi) is 6.85. The van der Waals surface area contributed by atoms with Crippen LogP contribution in [0.25, 0.3) is 5.69 Å². The normalized spacial score (nSPS) is 10.8. The monoisotopic (exact) mass is 427 g/mol. The molecule has 160 valence electrons. The zero-order chi connectivity index (χ0) is 22.0. The minimum Gasteiger partial charge on any atom is -0.488 e. The summed E-state index contributed by atoms with van der Waals surface area (Å²) < 4.78 is 12.8. The van der Waals surface area contributed by atoms with E-state index in [0.29, 0.717) is 12.4 Å². The van der Waals surface area contributed by atoms with Crippen molar-refractivity contribution in [2.24, 2.45) is 5.10 Å². The van der Waals surface area contributed by atoms with Gasteiger partial charge in [0.05, 0.1) is 11.9 Å². The van der Waals surface area contributed by atoms with Gasteiger partial charge < -0.3 is 9.47 Å². The molecule has 3 aromatic carbocycles. The largest absolute Gasteiger partial charge is 0.488 e. The van der Waals surface area contributed by atoms with Crippen molar-refractivity contribution in [1.29, 1.82) is 0 Å². The number of carbonyl (C=O) groups excluding carboxylic acids is 1. The van der Waals surface area contributed by atoms with E-state index in [9.17, 15) is 4.79 Å². The number of hydrazone groups is 1. The summed E-state index contributed by atoms with van der Waals surface area (Å²) in [5, 5.41) is 8.18. The summed E-state index contributed by atoms with van der Waals surface area (Å²) in [5.74, 6) is 0.237. The van der Waals surface area contributed by atoms with E-state index in [4.69, 9.17) is 9.47 Å². The summed E-state index contributed by atoms with van der Waals surface area (Å²) >= 11 is 0. The average molecular weight is 427 g/mol. The van der Waals surface area contributed by atoms with Crippen LogP contribution in [0.2, 0.25) is 0 Å². The first-order chi connectivity index (χ1) is 15.8. The van der Waals surface area contributed by atoms with Crippen molar-refractivity contribution in [1.82, 2.24) is 20.2 Å². The molecular formula is C24H21N5O3. The Labute approximate surface area is 185 Å². The molecule has 0 saturated carbocycles. The van der Waals surface area contributed by atoms with E-state index in [2.05, 4.69) is 20.6 Å². The second kappa shape index (κ2) is 10.5. The number of hydrogen-bond acceptors (Lipinski definition) is 6. The summed E-state index contributed by atoms with van der Waals surface area (Å²) in [7, 11) is 0. The maximum Gasteiger partial charge on any atom is 0.336 e. The Balaban J connectivity index is 1.27. The summed E-state index contributed by atoms with van der Waals surface area (Å²) in [6, 6.07) is 26.9. The van der Waals surface area contributed by atoms with Gasteiger partial charge in [0.25, 0.3) is 5.91 Å². The average Bonchev–Trinajstić information content (AvgIpc) is 3.33. The quantitative estimate of drug-likeness (QED) is 0.327. The van der Waals surface area contributed by atoms with Gasteiger partial charge >= 0.3 is 6.01 Å². The lowest BCUT2D eigenvalue weighted by Gasteiger charge is -2.09. The summed E-state index contributed by atoms with van der Waals surface area (Å²) in [4.78, 5) is 16.1. The fraction of sp³-hybridized carbons (Fsp3) is 0.0833. The first-order valence-corrected chi connectivity index (χ1v) is 9.95. The van der Waals surface area contributed by atoms with Crippen molar-refractivity contribution >= 4 is 12.1 Å². The van der Waals surface area contributed by atoms with E-state index >= 15 is 0 Å². The molecule has 4 aromatic rings. The van der Waals surface area contributed by atoms with E-state index in [-0.39, 0.29) is 12.6 Å². The molecule has 1 amide bonds. The third-order valence-corrected chi connectivity index (χ3v) is 4.37. The molecule has 1 aromatic heterocycles. The van der Waals surface area contributed by atoms with E-state index < -0.39 is 5.91 Å². The molecule has 0 atom stereocenters. The van der Waals surface area contributed by atoms with E-state index in [1.165, 1.54) is 12.5 Å². The number of nitrogens with one attached hydrogen (secondary N) is 1. The van der Waals surface area contributed by atoms with Gasteiger partial charge in [-0.25, -0.2) is 10.1 Å². The van der Waals surface area contributed by atoms with E-state index in [0.717, 1.165) is 16.8 Å². The van der Waals surface area contributed by atoms with Crippen LogP contribution in [0.15, 0.2) is 96.4 Å². The Morgan fingerprint density at radius 3 is 2.47 bits per heavy atom. The molecule has 0 spiro atoms. The predicted molar refractivity (Wildman–Crippen MR) is 120 cm³/mol. The molecule has 0 aliphatic heterocycles. The number of ether oxygens (including phenoxy) is 2. The molecule has 0 unspecified atom stereocenters. The van der Waals surface area contributed by atoms with Crippen LogP contribution in [-0.2, 0) is 11.4 Å². The molecule has 0 fully saturated rings. The third kappa shape index (κ3) is 5.79. The Bertz CT molecular complexity index is 1180. The van der Waals surface area contributed by atoms with Gasteiger partial charge in [0.15, 0.2) is 6.61 Å². The molecule has 4 rings (SSSR count). The smallest absolute Gasteiger partial charge is 0.336 e. The lowest BCUT2D eigenvalue weighted by molar-refractivity contribution is -0.123. The first-order valence-electron chi connectivity index (χ1n) is 9.95. The highest BCUT2D eigenvalue weighted by molar-refractivity contribution is 5.85. The number of rotatable bonds is 9. The molecule has 0 saturated heterocycles. The van der Waals surface area contributed by atoms with Gasteiger partial charge in [0, 0.05) is 5.56 Å². The lowest BCUT2D eigenvalue weighted by Crippen LogP contribution is -2.25. The van der Waals surface area contributed by atoms with Crippen molar-refractivity contribution in [2.45, 2.75) is 6.61 Å². The van der Waals surface area contributed by atoms with Crippen molar-refractivity contribution in [3.8, 4) is 17.4 Å². The first kappa shape index (κ1) is 20.8. The van der Waals surface area contributed by atoms with Crippen molar-refractivity contribution in [2.75, 3.05) is 6.61 Å². The second-order valence-electron chi connectivity index (χ2n) is 6.70. The van der Waals surface area contributed by atoms with Crippen molar-refractivity contribution in [3.63, 3.8) is 0 Å². The summed E-state index contributed by atoms with van der Waals surface area (Å²) in [6.45, 7) is 0.177. The Morgan fingerprint density at radius 2 is 1.66 bits per heavy atom. The fourth-order valence-corrected chi connectivity index (χ4v) is 2.81. The summed E-state index contributed by atoms with van der Waals surface area (Å²) in [6.07, 6.45) is 3.05. The van der Waals surface area contributed by atoms with Crippen LogP contribution < -0.4 is 14.9 Å². The van der Waals surface area contributed by atoms with Crippen LogP contribution in [0.5, 0.6) is 11.8 Å². The topological polar surface area (TPSA) is 90.6 Å². The van der Waals surface area contributed by atoms with Crippen LogP contribution in [0.4, 0.5) is 0 Å². The van der Waals surface area contributed by atoms with Gasteiger partial charge in [-0.3, -0.25) is 4.79 Å². The van der Waals surface area contributed by atoms with Crippen LogP contribution in [0.3, 0.4) is 0 Å². The zero-order valence-electron chi connectivity index (χ0n) is 17.2. The molecule has 0 aliphatic carbocycles. The number of carbonyl (C=O) groups is 1. The molecule has 8 heteroatoms. The maximum atomic E-state index is 12.0. The molecule has 0 radical (unpaired) electrons. The lowest BCUT2D eigenvalue weighted by atomic mass is 10.2. The minimum atomic E-state index is -0.431. The molecule has 0 aliphatic rings. The van der Waals surface area contributed by atoms with Gasteiger partial charge in [-0.1, -0.05) is 60.7 Å². The SMILES string of the molecule is O=C(COc1ncn(-c2ccccc2)n1)N/N=C/c1ccccc1OCc1ccccc1. The maximum absolute atomic E-state index is 12.0. The van der Waals surface area contributed by atoms with Gasteiger partial charge in [-0.2, -0.15) is 10.1 Å². The molecular weight excluding hydrogens is 406 g/mol. The molecule has 8 nitrogen and oxygen atoms in total. The number of para-hydroxylation sites is 2.